The lowest BCUT2D eigenvalue weighted by atomic mass is 9.76. The number of nitrogens with zero attached hydrogens (tertiary/aromatic N) is 4. The van der Waals surface area contributed by atoms with Crippen molar-refractivity contribution in [3.63, 3.8) is 0 Å². The lowest BCUT2D eigenvalue weighted by molar-refractivity contribution is -0.140. The van der Waals surface area contributed by atoms with E-state index in [0.717, 1.165) is 127 Å². The molecule has 4 aliphatic heterocycles. The molecule has 6 aliphatic rings. The van der Waals surface area contributed by atoms with E-state index < -0.39 is 34.8 Å². The summed E-state index contributed by atoms with van der Waals surface area (Å²) >= 11 is 3.16. The van der Waals surface area contributed by atoms with Crippen molar-refractivity contribution in [1.29, 1.82) is 10.5 Å². The van der Waals surface area contributed by atoms with Crippen molar-refractivity contribution in [1.82, 2.24) is 9.80 Å². The molecule has 2 spiro atoms. The number of carbonyl (C=O) groups excluding carboxylic acids is 4. The van der Waals surface area contributed by atoms with Crippen LogP contribution in [0, 0.1) is 22.7 Å². The highest BCUT2D eigenvalue weighted by atomic mass is 32.1. The van der Waals surface area contributed by atoms with E-state index in [2.05, 4.69) is 24.3 Å². The van der Waals surface area contributed by atoms with Crippen molar-refractivity contribution in [2.45, 2.75) is 89.3 Å². The summed E-state index contributed by atoms with van der Waals surface area (Å²) in [7, 11) is 2.81. The Bertz CT molecular complexity index is 2380. The standard InChI is InChI=1S/C44H38N4O6S2/c1-23-27(39(49)47(3)41(51)31(23)21-45)15-25-17-33-37(55-25)29-19-36-30(20-35(29)53-43(33)11-7-5-8-12-43)38-34(44(54-36)13-9-6-10-14-44)18-26(56-38)16-28-24(2)32(22-46)42(52)48(4)40(28)50/h15-20H,5-14H2,1-4H3/b27-15+,28-16+. The van der Waals surface area contributed by atoms with Gasteiger partial charge in [0.05, 0.1) is 0 Å². The minimum Gasteiger partial charge on any atom is -0.482 e. The molecule has 1 aromatic carbocycles. The Labute approximate surface area is 332 Å². The number of fused-ring (bicyclic) bond motifs is 8. The number of thiophene rings is 2. The number of hydrogen-bond acceptors (Lipinski definition) is 10. The summed E-state index contributed by atoms with van der Waals surface area (Å²) in [5.41, 5.74) is 4.28. The molecular weight excluding hydrogens is 745 g/mol. The fourth-order valence-corrected chi connectivity index (χ4v) is 11.7. The number of hydrogen-bond donors (Lipinski definition) is 0. The summed E-state index contributed by atoms with van der Waals surface area (Å²) in [6, 6.07) is 12.4. The van der Waals surface area contributed by atoms with E-state index in [9.17, 15) is 29.7 Å². The van der Waals surface area contributed by atoms with E-state index in [0.29, 0.717) is 22.3 Å². The van der Waals surface area contributed by atoms with Crippen LogP contribution in [0.1, 0.15) is 98.9 Å². The molecule has 2 aromatic heterocycles. The molecule has 2 aliphatic carbocycles. The second-order valence-electron chi connectivity index (χ2n) is 15.6. The minimum atomic E-state index is -0.592. The first-order valence-electron chi connectivity index (χ1n) is 19.1. The van der Waals surface area contributed by atoms with E-state index in [1.165, 1.54) is 14.1 Å². The molecule has 6 heterocycles. The van der Waals surface area contributed by atoms with Crippen LogP contribution in [0.4, 0.5) is 0 Å². The van der Waals surface area contributed by atoms with Crippen LogP contribution in [0.15, 0.2) is 57.7 Å². The Kier molecular flexibility index (Phi) is 8.38. The first-order chi connectivity index (χ1) is 26.9. The van der Waals surface area contributed by atoms with Gasteiger partial charge in [-0.25, -0.2) is 0 Å². The topological polar surface area (TPSA) is 141 Å². The summed E-state index contributed by atoms with van der Waals surface area (Å²) < 4.78 is 14.3. The molecule has 9 rings (SSSR count). The van der Waals surface area contributed by atoms with Crippen LogP contribution in [-0.2, 0) is 30.4 Å². The van der Waals surface area contributed by atoms with E-state index in [-0.39, 0.29) is 11.1 Å². The van der Waals surface area contributed by atoms with Gasteiger partial charge in [-0.15, -0.1) is 22.7 Å². The third-order valence-corrected chi connectivity index (χ3v) is 14.7. The SMILES string of the molecule is CC1=C(C#N)C(=O)N(C)C(=O)/C1=C/c1cc2c(s1)-c1cc3c(cc1OC21CCCCC1)-c1sc(/C=C2/C(=O)N(C)C(=O)C(C#N)=C2C)cc1C1(CCCCC1)O3. The summed E-state index contributed by atoms with van der Waals surface area (Å²) in [4.78, 5) is 57.9. The second kappa shape index (κ2) is 13.0. The van der Waals surface area contributed by atoms with Crippen LogP contribution >= 0.6 is 22.7 Å². The van der Waals surface area contributed by atoms with Gasteiger partial charge in [-0.05, 0) is 113 Å². The number of nitriles is 2. The fraction of sp³-hybridized carbons (Fsp3) is 0.364. The van der Waals surface area contributed by atoms with Gasteiger partial charge in [-0.1, -0.05) is 12.8 Å². The van der Waals surface area contributed by atoms with E-state index in [4.69, 9.17) is 9.47 Å². The van der Waals surface area contributed by atoms with Crippen LogP contribution in [0.25, 0.3) is 33.0 Å². The molecule has 10 nitrogen and oxygen atoms in total. The third kappa shape index (κ3) is 5.23. The predicted molar refractivity (Wildman–Crippen MR) is 212 cm³/mol. The molecule has 0 radical (unpaired) electrons. The number of amides is 4. The molecule has 2 saturated carbocycles. The van der Waals surface area contributed by atoms with E-state index >= 15 is 0 Å². The Hall–Kier alpha value is -5.56. The second-order valence-corrected chi connectivity index (χ2v) is 17.8. The van der Waals surface area contributed by atoms with Crippen LogP contribution in [0.2, 0.25) is 0 Å². The first kappa shape index (κ1) is 36.1. The van der Waals surface area contributed by atoms with E-state index in [1.54, 1.807) is 48.7 Å². The van der Waals surface area contributed by atoms with Gasteiger partial charge in [-0.2, -0.15) is 10.5 Å². The maximum Gasteiger partial charge on any atom is 0.271 e. The lowest BCUT2D eigenvalue weighted by Gasteiger charge is -2.44. The maximum atomic E-state index is 13.4. The molecule has 4 amide bonds. The van der Waals surface area contributed by atoms with Gasteiger partial charge in [0.2, 0.25) is 0 Å². The maximum absolute atomic E-state index is 13.4. The largest absolute Gasteiger partial charge is 0.482 e. The van der Waals surface area contributed by atoms with Crippen LogP contribution in [0.3, 0.4) is 0 Å². The molecule has 0 unspecified atom stereocenters. The Morgan fingerprint density at radius 2 is 0.982 bits per heavy atom. The fourth-order valence-electron chi connectivity index (χ4n) is 9.32. The van der Waals surface area contributed by atoms with Crippen molar-refractivity contribution in [2.75, 3.05) is 14.1 Å². The summed E-state index contributed by atoms with van der Waals surface area (Å²) in [5.74, 6) is -0.521. The van der Waals surface area contributed by atoms with E-state index in [1.807, 2.05) is 12.1 Å². The molecule has 3 aromatic rings. The highest BCUT2D eigenvalue weighted by Crippen LogP contribution is 2.60. The zero-order valence-corrected chi connectivity index (χ0v) is 33.2. The van der Waals surface area contributed by atoms with Gasteiger partial charge in [0.25, 0.3) is 23.6 Å². The van der Waals surface area contributed by atoms with Crippen LogP contribution in [-0.4, -0.2) is 47.5 Å². The normalized spacial score (nSPS) is 22.5. The Morgan fingerprint density at radius 1 is 0.607 bits per heavy atom. The monoisotopic (exact) mass is 782 g/mol. The van der Waals surface area contributed by atoms with Gasteiger partial charge < -0.3 is 9.47 Å². The zero-order valence-electron chi connectivity index (χ0n) is 31.6. The highest BCUT2D eigenvalue weighted by molar-refractivity contribution is 7.17. The van der Waals surface area contributed by atoms with Gasteiger partial charge in [0.1, 0.15) is 46.0 Å². The number of benzene rings is 1. The van der Waals surface area contributed by atoms with Crippen molar-refractivity contribution in [2.24, 2.45) is 0 Å². The lowest BCUT2D eigenvalue weighted by Crippen LogP contribution is -2.39. The summed E-state index contributed by atoms with van der Waals surface area (Å²) in [6.45, 7) is 3.31. The smallest absolute Gasteiger partial charge is 0.271 e. The number of rotatable bonds is 2. The van der Waals surface area contributed by atoms with Crippen molar-refractivity contribution < 1.29 is 28.7 Å². The minimum absolute atomic E-state index is 0.0314. The molecule has 0 N–H and O–H groups in total. The van der Waals surface area contributed by atoms with Gasteiger partial charge in [0.15, 0.2) is 0 Å². The van der Waals surface area contributed by atoms with Crippen LogP contribution < -0.4 is 9.47 Å². The van der Waals surface area contributed by atoms with Gasteiger partial charge in [0, 0.05) is 67.0 Å². The summed E-state index contributed by atoms with van der Waals surface area (Å²) in [6.07, 6.45) is 13.3. The van der Waals surface area contributed by atoms with Crippen LogP contribution in [0.5, 0.6) is 11.5 Å². The molecule has 56 heavy (non-hydrogen) atoms. The van der Waals surface area contributed by atoms with Crippen molar-refractivity contribution in [3.8, 4) is 44.5 Å². The molecule has 0 bridgehead atoms. The highest BCUT2D eigenvalue weighted by Gasteiger charge is 2.47. The quantitative estimate of drug-likeness (QED) is 0.186. The van der Waals surface area contributed by atoms with Crippen molar-refractivity contribution in [3.05, 3.63) is 78.6 Å². The summed E-state index contributed by atoms with van der Waals surface area (Å²) in [5, 5.41) is 19.5. The molecule has 0 saturated heterocycles. The average molecular weight is 783 g/mol. The molecule has 2 fully saturated rings. The predicted octanol–water partition coefficient (Wildman–Crippen LogP) is 8.69. The molecule has 0 atom stereocenters. The molecule has 282 valence electrons. The molecular formula is C44H38N4O6S2. The first-order valence-corrected chi connectivity index (χ1v) is 20.7. The number of ether oxygens (including phenoxy) is 2. The Balaban J connectivity index is 1.20. The van der Waals surface area contributed by atoms with Gasteiger partial charge in [-0.3, -0.25) is 29.0 Å². The number of likely N-dealkylation sites (N-methyl/N-ethyl adjacent to an activating group) is 2. The molecule has 12 heteroatoms. The van der Waals surface area contributed by atoms with Crippen molar-refractivity contribution >= 4 is 58.5 Å². The zero-order chi connectivity index (χ0) is 39.3. The number of carbonyl (C=O) groups is 4. The van der Waals surface area contributed by atoms with Gasteiger partial charge >= 0.3 is 0 Å². The number of imide groups is 2. The Morgan fingerprint density at radius 3 is 1.34 bits per heavy atom. The third-order valence-electron chi connectivity index (χ3n) is 12.5. The average Bonchev–Trinajstić information content (AvgIpc) is 3.84.